The van der Waals surface area contributed by atoms with Gasteiger partial charge in [0, 0.05) is 31.6 Å². The molecule has 0 unspecified atom stereocenters. The first kappa shape index (κ1) is 16.0. The smallest absolute Gasteiger partial charge is 0.244 e. The highest BCUT2D eigenvalue weighted by molar-refractivity contribution is 5.82. The summed E-state index contributed by atoms with van der Waals surface area (Å²) in [7, 11) is 0. The van der Waals surface area contributed by atoms with Crippen LogP contribution in [0.4, 0.5) is 0 Å². The molecule has 3 rings (SSSR count). The topological polar surface area (TPSA) is 41.4 Å². The first-order valence-corrected chi connectivity index (χ1v) is 8.54. The normalized spacial score (nSPS) is 16.9. The molecule has 5 heteroatoms. The van der Waals surface area contributed by atoms with Gasteiger partial charge in [0.05, 0.1) is 11.7 Å². The van der Waals surface area contributed by atoms with Crippen molar-refractivity contribution in [3.63, 3.8) is 0 Å². The van der Waals surface area contributed by atoms with Gasteiger partial charge >= 0.3 is 0 Å². The van der Waals surface area contributed by atoms with E-state index in [2.05, 4.69) is 23.8 Å². The van der Waals surface area contributed by atoms with Crippen LogP contribution in [-0.2, 0) is 11.3 Å². The van der Waals surface area contributed by atoms with Crippen molar-refractivity contribution in [3.8, 4) is 0 Å². The molecule has 0 spiro atoms. The molecule has 0 aliphatic carbocycles. The number of fused-ring (bicyclic) bond motifs is 1. The summed E-state index contributed by atoms with van der Waals surface area (Å²) in [5.74, 6) is 0.845. The second kappa shape index (κ2) is 7.13. The average molecular weight is 314 g/mol. The number of carbonyl (C=O) groups is 1. The van der Waals surface area contributed by atoms with E-state index in [0.717, 1.165) is 50.0 Å². The van der Waals surface area contributed by atoms with Crippen molar-refractivity contribution in [1.29, 1.82) is 0 Å². The van der Waals surface area contributed by atoms with Crippen LogP contribution in [-0.4, -0.2) is 58.2 Å². The second-order valence-electron chi connectivity index (χ2n) is 6.79. The minimum atomic E-state index is 0.172. The van der Waals surface area contributed by atoms with Gasteiger partial charge in [0.2, 0.25) is 5.91 Å². The van der Waals surface area contributed by atoms with Crippen molar-refractivity contribution >= 4 is 16.8 Å². The molecule has 2 heterocycles. The van der Waals surface area contributed by atoms with Crippen LogP contribution < -0.4 is 0 Å². The number of amides is 1. The van der Waals surface area contributed by atoms with Gasteiger partial charge < -0.3 is 9.80 Å². The molecule has 1 saturated heterocycles. The third-order valence-electron chi connectivity index (χ3n) is 4.40. The molecule has 0 atom stereocenters. The van der Waals surface area contributed by atoms with Crippen LogP contribution in [0.5, 0.6) is 0 Å². The quantitative estimate of drug-likeness (QED) is 0.869. The number of para-hydroxylation sites is 1. The van der Waals surface area contributed by atoms with E-state index in [0.29, 0.717) is 12.5 Å². The van der Waals surface area contributed by atoms with Gasteiger partial charge in [-0.1, -0.05) is 32.0 Å². The SMILES string of the molecule is CC(C)CN1CCCN(C(=O)Cn2ncc3ccccc32)CC1. The molecule has 1 aromatic carbocycles. The maximum atomic E-state index is 12.6. The Bertz CT molecular complexity index is 664. The van der Waals surface area contributed by atoms with Crippen molar-refractivity contribution in [2.24, 2.45) is 5.92 Å². The summed E-state index contributed by atoms with van der Waals surface area (Å²) in [5, 5.41) is 5.45. The van der Waals surface area contributed by atoms with Crippen LogP contribution in [0.15, 0.2) is 30.5 Å². The van der Waals surface area contributed by atoms with Gasteiger partial charge in [0.1, 0.15) is 6.54 Å². The summed E-state index contributed by atoms with van der Waals surface area (Å²) in [5.41, 5.74) is 1.03. The average Bonchev–Trinajstić information content (AvgIpc) is 2.78. The fourth-order valence-corrected chi connectivity index (χ4v) is 3.30. The van der Waals surface area contributed by atoms with E-state index in [1.807, 2.05) is 40.0 Å². The summed E-state index contributed by atoms with van der Waals surface area (Å²) < 4.78 is 1.81. The molecule has 0 radical (unpaired) electrons. The summed E-state index contributed by atoms with van der Waals surface area (Å²) in [6.07, 6.45) is 2.88. The molecule has 1 amide bonds. The van der Waals surface area contributed by atoms with Crippen LogP contribution in [0.3, 0.4) is 0 Å². The summed E-state index contributed by atoms with van der Waals surface area (Å²) in [4.78, 5) is 17.1. The fraction of sp³-hybridized carbons (Fsp3) is 0.556. The molecular formula is C18H26N4O. The monoisotopic (exact) mass is 314 g/mol. The van der Waals surface area contributed by atoms with E-state index in [1.165, 1.54) is 0 Å². The van der Waals surface area contributed by atoms with Crippen LogP contribution in [0.1, 0.15) is 20.3 Å². The minimum absolute atomic E-state index is 0.172. The van der Waals surface area contributed by atoms with Gasteiger partial charge in [-0.25, -0.2) is 0 Å². The van der Waals surface area contributed by atoms with E-state index in [1.54, 1.807) is 0 Å². The van der Waals surface area contributed by atoms with Crippen molar-refractivity contribution in [1.82, 2.24) is 19.6 Å². The highest BCUT2D eigenvalue weighted by atomic mass is 16.2. The number of hydrogen-bond acceptors (Lipinski definition) is 3. The molecule has 0 N–H and O–H groups in total. The molecule has 2 aromatic rings. The Balaban J connectivity index is 1.62. The Morgan fingerprint density at radius 3 is 2.83 bits per heavy atom. The van der Waals surface area contributed by atoms with Crippen molar-refractivity contribution in [2.75, 3.05) is 32.7 Å². The van der Waals surface area contributed by atoms with Crippen molar-refractivity contribution < 1.29 is 4.79 Å². The molecule has 124 valence electrons. The van der Waals surface area contributed by atoms with Crippen molar-refractivity contribution in [3.05, 3.63) is 30.5 Å². The third kappa shape index (κ3) is 3.91. The highest BCUT2D eigenvalue weighted by Gasteiger charge is 2.20. The first-order chi connectivity index (χ1) is 11.1. The lowest BCUT2D eigenvalue weighted by Gasteiger charge is -2.23. The zero-order valence-corrected chi connectivity index (χ0v) is 14.1. The summed E-state index contributed by atoms with van der Waals surface area (Å²) in [6, 6.07) is 8.02. The number of rotatable bonds is 4. The molecule has 1 aromatic heterocycles. The van der Waals surface area contributed by atoms with Crippen LogP contribution >= 0.6 is 0 Å². The van der Waals surface area contributed by atoms with Gasteiger partial charge in [-0.05, 0) is 24.9 Å². The minimum Gasteiger partial charge on any atom is -0.340 e. The predicted octanol–water partition coefficient (Wildman–Crippen LogP) is 2.23. The van der Waals surface area contributed by atoms with Gasteiger partial charge in [-0.3, -0.25) is 9.48 Å². The lowest BCUT2D eigenvalue weighted by Crippen LogP contribution is -2.38. The first-order valence-electron chi connectivity index (χ1n) is 8.54. The Labute approximate surface area is 137 Å². The molecule has 0 bridgehead atoms. The van der Waals surface area contributed by atoms with E-state index in [9.17, 15) is 4.79 Å². The Morgan fingerprint density at radius 2 is 2.00 bits per heavy atom. The lowest BCUT2D eigenvalue weighted by atomic mass is 10.2. The largest absolute Gasteiger partial charge is 0.340 e. The maximum Gasteiger partial charge on any atom is 0.244 e. The van der Waals surface area contributed by atoms with Gasteiger partial charge in [0.15, 0.2) is 0 Å². The third-order valence-corrected chi connectivity index (χ3v) is 4.40. The Hall–Kier alpha value is -1.88. The zero-order valence-electron chi connectivity index (χ0n) is 14.1. The molecule has 0 saturated carbocycles. The van der Waals surface area contributed by atoms with Gasteiger partial charge in [-0.15, -0.1) is 0 Å². The molecule has 23 heavy (non-hydrogen) atoms. The standard InChI is InChI=1S/C18H26N4O/c1-15(2)13-20-8-5-9-21(11-10-20)18(23)14-22-17-7-4-3-6-16(17)12-19-22/h3-4,6-7,12,15H,5,8-11,13-14H2,1-2H3. The van der Waals surface area contributed by atoms with Crippen LogP contribution in [0.2, 0.25) is 0 Å². The molecular weight excluding hydrogens is 288 g/mol. The predicted molar refractivity (Wildman–Crippen MR) is 92.2 cm³/mol. The fourth-order valence-electron chi connectivity index (χ4n) is 3.30. The lowest BCUT2D eigenvalue weighted by molar-refractivity contribution is -0.131. The Kier molecular flexibility index (Phi) is 4.96. The van der Waals surface area contributed by atoms with E-state index < -0.39 is 0 Å². The molecule has 5 nitrogen and oxygen atoms in total. The molecule has 1 aliphatic rings. The number of benzene rings is 1. The van der Waals surface area contributed by atoms with E-state index in [-0.39, 0.29) is 5.91 Å². The number of aromatic nitrogens is 2. The van der Waals surface area contributed by atoms with Gasteiger partial charge in [-0.2, -0.15) is 5.10 Å². The summed E-state index contributed by atoms with van der Waals surface area (Å²) >= 11 is 0. The van der Waals surface area contributed by atoms with E-state index >= 15 is 0 Å². The molecule has 1 fully saturated rings. The number of carbonyl (C=O) groups excluding carboxylic acids is 1. The maximum absolute atomic E-state index is 12.6. The van der Waals surface area contributed by atoms with Crippen LogP contribution in [0.25, 0.3) is 10.9 Å². The number of nitrogens with zero attached hydrogens (tertiary/aromatic N) is 4. The molecule has 1 aliphatic heterocycles. The van der Waals surface area contributed by atoms with Gasteiger partial charge in [0.25, 0.3) is 0 Å². The summed E-state index contributed by atoms with van der Waals surface area (Å²) in [6.45, 7) is 9.69. The second-order valence-corrected chi connectivity index (χ2v) is 6.79. The van der Waals surface area contributed by atoms with Crippen molar-refractivity contribution in [2.45, 2.75) is 26.8 Å². The number of hydrogen-bond donors (Lipinski definition) is 0. The zero-order chi connectivity index (χ0) is 16.2. The Morgan fingerprint density at radius 1 is 1.17 bits per heavy atom. The van der Waals surface area contributed by atoms with E-state index in [4.69, 9.17) is 0 Å². The highest BCUT2D eigenvalue weighted by Crippen LogP contribution is 2.13. The van der Waals surface area contributed by atoms with Crippen LogP contribution in [0, 0.1) is 5.92 Å².